The quantitative estimate of drug-likeness (QED) is 0.314. The van der Waals surface area contributed by atoms with Crippen molar-refractivity contribution < 1.29 is 17.9 Å². The molecule has 0 atom stereocenters. The van der Waals surface area contributed by atoms with Crippen LogP contribution < -0.4 is 4.67 Å². The van der Waals surface area contributed by atoms with Gasteiger partial charge >= 0.3 is 14.3 Å². The summed E-state index contributed by atoms with van der Waals surface area (Å²) in [6, 6.07) is 24.5. The molecule has 0 aliphatic carbocycles. The number of carbonyl (C=O) groups excluding carboxylic acids is 1. The van der Waals surface area contributed by atoms with Crippen molar-refractivity contribution in [3.05, 3.63) is 72.8 Å². The predicted octanol–water partition coefficient (Wildman–Crippen LogP) is 6.68. The van der Waals surface area contributed by atoms with E-state index in [1.807, 2.05) is 48.5 Å². The molecule has 1 aliphatic rings. The lowest BCUT2D eigenvalue weighted by Gasteiger charge is -2.07. The highest BCUT2D eigenvalue weighted by Gasteiger charge is 2.28. The molecule has 5 aromatic rings. The maximum absolute atomic E-state index is 12.2. The van der Waals surface area contributed by atoms with Gasteiger partial charge in [0, 0.05) is 10.8 Å². The Hall–Kier alpha value is -3.43. The Morgan fingerprint density at radius 3 is 1.79 bits per heavy atom. The van der Waals surface area contributed by atoms with Gasteiger partial charge in [-0.15, -0.1) is 0 Å². The molecule has 0 saturated carbocycles. The number of cyclic esters (lactones) is 1. The van der Waals surface area contributed by atoms with Gasteiger partial charge in [-0.2, -0.15) is 0 Å². The average Bonchev–Trinajstić information content (AvgIpc) is 3.11. The first kappa shape index (κ1) is 16.5. The first-order valence-electron chi connectivity index (χ1n) is 9.44. The predicted molar refractivity (Wildman–Crippen MR) is 116 cm³/mol. The highest BCUT2D eigenvalue weighted by molar-refractivity contribution is 7.40. The number of rotatable bonds is 1. The van der Waals surface area contributed by atoms with E-state index in [4.69, 9.17) is 13.1 Å². The van der Waals surface area contributed by atoms with E-state index in [1.165, 1.54) is 0 Å². The number of fused-ring (bicyclic) bond motifs is 7. The van der Waals surface area contributed by atoms with Crippen LogP contribution in [0.5, 0.6) is 0 Å². The highest BCUT2D eigenvalue weighted by atomic mass is 31.1. The van der Waals surface area contributed by atoms with E-state index in [1.54, 1.807) is 4.67 Å². The minimum Gasteiger partial charge on any atom is -0.447 e. The van der Waals surface area contributed by atoms with E-state index in [0.717, 1.165) is 32.3 Å². The zero-order valence-electron chi connectivity index (χ0n) is 15.4. The standard InChI is InChI=1S/C23H16NO4P/c25-23-24(13-14-26-23)29-27-19-11-9-15-5-1-3-7-17(15)21(19)22-18-8-4-2-6-16(18)10-12-20(22)28-29/h1-12H,13-14H2. The van der Waals surface area contributed by atoms with Gasteiger partial charge in [-0.3, -0.25) is 0 Å². The normalized spacial score (nSPS) is 14.2. The second-order valence-electron chi connectivity index (χ2n) is 6.98. The molecule has 6 rings (SSSR count). The fraction of sp³-hybridized carbons (Fsp3) is 0.0870. The number of hydrogen-bond acceptors (Lipinski definition) is 4. The largest absolute Gasteiger partial charge is 0.447 e. The zero-order chi connectivity index (χ0) is 19.4. The number of ether oxygens (including phenoxy) is 1. The van der Waals surface area contributed by atoms with Crippen molar-refractivity contribution in [1.29, 1.82) is 0 Å². The lowest BCUT2D eigenvalue weighted by molar-refractivity contribution is 0.181. The van der Waals surface area contributed by atoms with Gasteiger partial charge in [0.1, 0.15) is 17.8 Å². The van der Waals surface area contributed by atoms with Crippen LogP contribution in [0.3, 0.4) is 0 Å². The molecule has 1 amide bonds. The highest BCUT2D eigenvalue weighted by Crippen LogP contribution is 2.42. The molecule has 5 nitrogen and oxygen atoms in total. The summed E-state index contributed by atoms with van der Waals surface area (Å²) in [4.78, 5) is 12.2. The summed E-state index contributed by atoms with van der Waals surface area (Å²) >= 11 is 0. The molecule has 2 heterocycles. The Balaban J connectivity index is 1.89. The lowest BCUT2D eigenvalue weighted by atomic mass is 9.99. The van der Waals surface area contributed by atoms with Gasteiger partial charge < -0.3 is 13.1 Å². The maximum Gasteiger partial charge on any atom is 0.421 e. The van der Waals surface area contributed by atoms with Crippen LogP contribution in [0, 0.1) is 0 Å². The third-order valence-electron chi connectivity index (χ3n) is 5.32. The van der Waals surface area contributed by atoms with Crippen LogP contribution in [0.15, 0.2) is 81.2 Å². The zero-order valence-corrected chi connectivity index (χ0v) is 16.3. The summed E-state index contributed by atoms with van der Waals surface area (Å²) in [5.74, 6) is 0. The van der Waals surface area contributed by atoms with Crippen molar-refractivity contribution in [2.24, 2.45) is 0 Å². The average molecular weight is 401 g/mol. The third kappa shape index (κ3) is 2.51. The molecule has 0 N–H and O–H groups in total. The molecule has 1 fully saturated rings. The van der Waals surface area contributed by atoms with Crippen molar-refractivity contribution in [2.45, 2.75) is 0 Å². The van der Waals surface area contributed by atoms with Crippen molar-refractivity contribution in [3.63, 3.8) is 0 Å². The SMILES string of the molecule is O=C1OCCN1p1oc2ccc3ccccc3c2c2c(ccc3ccccc32)o1. The third-order valence-corrected chi connectivity index (χ3v) is 6.78. The number of benzene rings is 4. The second kappa shape index (κ2) is 6.29. The van der Waals surface area contributed by atoms with Crippen LogP contribution in [0.4, 0.5) is 4.79 Å². The minimum atomic E-state index is -1.66. The summed E-state index contributed by atoms with van der Waals surface area (Å²) < 4.78 is 19.3. The maximum atomic E-state index is 12.2. The molecule has 0 bridgehead atoms. The minimum absolute atomic E-state index is 0.347. The molecule has 4 aromatic carbocycles. The van der Waals surface area contributed by atoms with E-state index < -0.39 is 14.3 Å². The molecule has 1 saturated heterocycles. The number of hydrogen-bond donors (Lipinski definition) is 0. The topological polar surface area (TPSA) is 55.8 Å². The van der Waals surface area contributed by atoms with E-state index >= 15 is 0 Å². The Bertz CT molecular complexity index is 1380. The fourth-order valence-electron chi connectivity index (χ4n) is 3.99. The van der Waals surface area contributed by atoms with E-state index in [9.17, 15) is 4.79 Å². The number of nitrogens with zero attached hydrogens (tertiary/aromatic N) is 1. The molecule has 29 heavy (non-hydrogen) atoms. The van der Waals surface area contributed by atoms with Gasteiger partial charge in [0.15, 0.2) is 0 Å². The van der Waals surface area contributed by atoms with Crippen LogP contribution in [-0.2, 0) is 4.74 Å². The Labute approximate surface area is 166 Å². The monoisotopic (exact) mass is 401 g/mol. The van der Waals surface area contributed by atoms with Gasteiger partial charge in [-0.25, -0.2) is 9.46 Å². The number of amides is 1. The molecule has 0 unspecified atom stereocenters. The smallest absolute Gasteiger partial charge is 0.421 e. The second-order valence-corrected chi connectivity index (χ2v) is 8.30. The summed E-state index contributed by atoms with van der Waals surface area (Å²) in [6.07, 6.45) is -0.400. The van der Waals surface area contributed by atoms with Gasteiger partial charge in [0.25, 0.3) is 0 Å². The fourth-order valence-corrected chi connectivity index (χ4v) is 5.30. The Kier molecular flexibility index (Phi) is 3.58. The van der Waals surface area contributed by atoms with Crippen LogP contribution in [-0.4, -0.2) is 19.2 Å². The van der Waals surface area contributed by atoms with E-state index in [-0.39, 0.29) is 0 Å². The van der Waals surface area contributed by atoms with Crippen LogP contribution in [0.1, 0.15) is 0 Å². The first-order chi connectivity index (χ1) is 14.3. The molecular formula is C23H16NO4P. The summed E-state index contributed by atoms with van der Waals surface area (Å²) in [5.41, 5.74) is 1.43. The first-order valence-corrected chi connectivity index (χ1v) is 10.6. The molecule has 0 radical (unpaired) electrons. The van der Waals surface area contributed by atoms with Crippen LogP contribution >= 0.6 is 8.16 Å². The summed E-state index contributed by atoms with van der Waals surface area (Å²) in [5, 5.41) is 6.42. The molecule has 0 spiro atoms. The Morgan fingerprint density at radius 2 is 1.28 bits per heavy atom. The van der Waals surface area contributed by atoms with Crippen LogP contribution in [0.2, 0.25) is 0 Å². The molecule has 1 aliphatic heterocycles. The van der Waals surface area contributed by atoms with E-state index in [2.05, 4.69) is 24.3 Å². The molecular weight excluding hydrogens is 385 g/mol. The van der Waals surface area contributed by atoms with Crippen LogP contribution in [0.25, 0.3) is 43.5 Å². The summed E-state index contributed by atoms with van der Waals surface area (Å²) in [7, 11) is -1.66. The van der Waals surface area contributed by atoms with Crippen molar-refractivity contribution in [3.8, 4) is 0 Å². The van der Waals surface area contributed by atoms with Gasteiger partial charge in [-0.1, -0.05) is 60.7 Å². The van der Waals surface area contributed by atoms with Gasteiger partial charge in [0.05, 0.1) is 6.54 Å². The molecule has 142 valence electrons. The lowest BCUT2D eigenvalue weighted by Crippen LogP contribution is -2.19. The van der Waals surface area contributed by atoms with Gasteiger partial charge in [-0.05, 0) is 33.7 Å². The van der Waals surface area contributed by atoms with Gasteiger partial charge in [0.2, 0.25) is 0 Å². The molecule has 1 aromatic heterocycles. The number of carbonyl (C=O) groups is 1. The van der Waals surface area contributed by atoms with E-state index in [0.29, 0.717) is 24.3 Å². The van der Waals surface area contributed by atoms with Crippen molar-refractivity contribution in [2.75, 3.05) is 17.8 Å². The molecule has 6 heteroatoms. The summed E-state index contributed by atoms with van der Waals surface area (Å²) in [6.45, 7) is 0.801. The van der Waals surface area contributed by atoms with Crippen molar-refractivity contribution in [1.82, 2.24) is 0 Å². The Morgan fingerprint density at radius 1 is 0.724 bits per heavy atom. The van der Waals surface area contributed by atoms with Crippen molar-refractivity contribution >= 4 is 57.7 Å².